The quantitative estimate of drug-likeness (QED) is 0.873. The van der Waals surface area contributed by atoms with Gasteiger partial charge in [0.1, 0.15) is 17.3 Å². The molecule has 122 valence electrons. The van der Waals surface area contributed by atoms with Gasteiger partial charge in [0.25, 0.3) is 5.91 Å². The predicted molar refractivity (Wildman–Crippen MR) is 87.3 cm³/mol. The number of carbonyl (C=O) groups excluding carboxylic acids is 1. The zero-order chi connectivity index (χ0) is 16.4. The number of carbonyl (C=O) groups is 1. The van der Waals surface area contributed by atoms with Crippen molar-refractivity contribution in [3.8, 4) is 0 Å². The first-order valence-electron chi connectivity index (χ1n) is 8.18. The number of likely N-dealkylation sites (tertiary alicyclic amines) is 1. The Hall–Kier alpha value is -2.24. The average Bonchev–Trinajstić information content (AvgIpc) is 3.04. The highest BCUT2D eigenvalue weighted by Crippen LogP contribution is 2.26. The summed E-state index contributed by atoms with van der Waals surface area (Å²) in [6.45, 7) is 7.58. The Bertz CT molecular complexity index is 694. The topological polar surface area (TPSA) is 63.9 Å². The number of nitrogens with zero attached hydrogens (tertiary/aromatic N) is 5. The minimum absolute atomic E-state index is 0.00795. The van der Waals surface area contributed by atoms with E-state index < -0.39 is 0 Å². The molecule has 23 heavy (non-hydrogen) atoms. The predicted octanol–water partition coefficient (Wildman–Crippen LogP) is 2.58. The van der Waals surface area contributed by atoms with E-state index in [0.29, 0.717) is 24.0 Å². The molecule has 2 aromatic heterocycles. The molecule has 1 saturated heterocycles. The fraction of sp³-hybridized carbons (Fsp3) is 0.529. The molecule has 1 unspecified atom stereocenters. The Morgan fingerprint density at radius 1 is 1.30 bits per heavy atom. The molecule has 0 aliphatic carbocycles. The van der Waals surface area contributed by atoms with Crippen molar-refractivity contribution in [3.05, 3.63) is 42.0 Å². The zero-order valence-electron chi connectivity index (χ0n) is 13.9. The lowest BCUT2D eigenvalue weighted by molar-refractivity contribution is 0.0671. The minimum atomic E-state index is -0.00795. The van der Waals surface area contributed by atoms with Gasteiger partial charge in [-0.05, 0) is 25.8 Å². The summed E-state index contributed by atoms with van der Waals surface area (Å²) in [4.78, 5) is 27.4. The van der Waals surface area contributed by atoms with E-state index in [9.17, 15) is 4.79 Å². The number of amides is 1. The third-order valence-electron chi connectivity index (χ3n) is 4.29. The first-order valence-corrected chi connectivity index (χ1v) is 8.18. The smallest absolute Gasteiger partial charge is 0.272 e. The van der Waals surface area contributed by atoms with Crippen molar-refractivity contribution in [2.24, 2.45) is 0 Å². The molecular weight excluding hydrogens is 290 g/mol. The molecule has 0 bridgehead atoms. The molecule has 0 radical (unpaired) electrons. The summed E-state index contributed by atoms with van der Waals surface area (Å²) in [5.41, 5.74) is 0.480. The summed E-state index contributed by atoms with van der Waals surface area (Å²) < 4.78 is 2.23. The molecule has 1 aliphatic heterocycles. The van der Waals surface area contributed by atoms with Gasteiger partial charge in [-0.2, -0.15) is 0 Å². The van der Waals surface area contributed by atoms with Gasteiger partial charge in [-0.3, -0.25) is 4.79 Å². The largest absolute Gasteiger partial charge is 0.335 e. The maximum Gasteiger partial charge on any atom is 0.272 e. The van der Waals surface area contributed by atoms with E-state index in [2.05, 4.69) is 33.4 Å². The van der Waals surface area contributed by atoms with E-state index in [0.717, 1.165) is 25.2 Å². The number of aromatic nitrogens is 4. The number of aryl methyl sites for hydroxylation is 1. The van der Waals surface area contributed by atoms with E-state index in [-0.39, 0.29) is 11.9 Å². The normalized spacial score (nSPS) is 18.4. The Kier molecular flexibility index (Phi) is 4.41. The van der Waals surface area contributed by atoms with Gasteiger partial charge in [0.2, 0.25) is 0 Å². The maximum absolute atomic E-state index is 12.7. The average molecular weight is 313 g/mol. The molecule has 1 fully saturated rings. The molecule has 0 saturated carbocycles. The van der Waals surface area contributed by atoms with Crippen LogP contribution in [0, 0.1) is 6.92 Å². The zero-order valence-corrected chi connectivity index (χ0v) is 13.9. The van der Waals surface area contributed by atoms with Crippen LogP contribution in [0.3, 0.4) is 0 Å². The van der Waals surface area contributed by atoms with Crippen molar-refractivity contribution < 1.29 is 4.79 Å². The highest BCUT2D eigenvalue weighted by molar-refractivity contribution is 5.92. The van der Waals surface area contributed by atoms with Crippen LogP contribution in [-0.2, 0) is 0 Å². The highest BCUT2D eigenvalue weighted by atomic mass is 16.2. The van der Waals surface area contributed by atoms with Crippen LogP contribution >= 0.6 is 0 Å². The second kappa shape index (κ2) is 6.48. The van der Waals surface area contributed by atoms with Crippen molar-refractivity contribution in [1.82, 2.24) is 24.4 Å². The second-order valence-electron chi connectivity index (χ2n) is 6.38. The Morgan fingerprint density at radius 2 is 2.13 bits per heavy atom. The van der Waals surface area contributed by atoms with E-state index in [1.807, 2.05) is 17.3 Å². The molecule has 0 N–H and O–H groups in total. The van der Waals surface area contributed by atoms with E-state index in [4.69, 9.17) is 0 Å². The fourth-order valence-electron chi connectivity index (χ4n) is 3.18. The molecule has 0 spiro atoms. The van der Waals surface area contributed by atoms with Crippen LogP contribution in [0.25, 0.3) is 0 Å². The standard InChI is InChI=1S/C17H23N5O/c1-12(2)16-19-8-10-22(16)14-5-4-9-21(11-14)17(23)15-6-7-18-13(3)20-15/h6-8,10,12,14H,4-5,9,11H2,1-3H3. The molecule has 3 rings (SSSR count). The van der Waals surface area contributed by atoms with Gasteiger partial charge in [-0.25, -0.2) is 15.0 Å². The van der Waals surface area contributed by atoms with Crippen LogP contribution < -0.4 is 0 Å². The highest BCUT2D eigenvalue weighted by Gasteiger charge is 2.27. The third kappa shape index (κ3) is 3.25. The lowest BCUT2D eigenvalue weighted by atomic mass is 10.0. The summed E-state index contributed by atoms with van der Waals surface area (Å²) in [6.07, 6.45) is 7.59. The summed E-state index contributed by atoms with van der Waals surface area (Å²) in [7, 11) is 0. The first kappa shape index (κ1) is 15.6. The molecule has 1 amide bonds. The van der Waals surface area contributed by atoms with Gasteiger partial charge in [0.15, 0.2) is 0 Å². The van der Waals surface area contributed by atoms with Crippen molar-refractivity contribution in [2.75, 3.05) is 13.1 Å². The van der Waals surface area contributed by atoms with Gasteiger partial charge in [-0.15, -0.1) is 0 Å². The summed E-state index contributed by atoms with van der Waals surface area (Å²) in [5, 5.41) is 0. The van der Waals surface area contributed by atoms with E-state index in [1.165, 1.54) is 0 Å². The fourth-order valence-corrected chi connectivity index (χ4v) is 3.18. The molecule has 1 atom stereocenters. The molecule has 1 aliphatic rings. The van der Waals surface area contributed by atoms with Crippen molar-refractivity contribution in [2.45, 2.75) is 45.6 Å². The Labute approximate surface area is 136 Å². The van der Waals surface area contributed by atoms with E-state index >= 15 is 0 Å². The van der Waals surface area contributed by atoms with E-state index in [1.54, 1.807) is 19.2 Å². The van der Waals surface area contributed by atoms with Crippen LogP contribution in [0.4, 0.5) is 0 Å². The van der Waals surface area contributed by atoms with Crippen molar-refractivity contribution >= 4 is 5.91 Å². The minimum Gasteiger partial charge on any atom is -0.335 e. The van der Waals surface area contributed by atoms with Gasteiger partial charge in [0, 0.05) is 37.6 Å². The van der Waals surface area contributed by atoms with Crippen molar-refractivity contribution in [1.29, 1.82) is 0 Å². The lowest BCUT2D eigenvalue weighted by Gasteiger charge is -2.34. The monoisotopic (exact) mass is 313 g/mol. The number of piperidine rings is 1. The van der Waals surface area contributed by atoms with Gasteiger partial charge in [-0.1, -0.05) is 13.8 Å². The SMILES string of the molecule is Cc1nccc(C(=O)N2CCCC(n3ccnc3C(C)C)C2)n1. The van der Waals surface area contributed by atoms with Crippen molar-refractivity contribution in [3.63, 3.8) is 0 Å². The van der Waals surface area contributed by atoms with Crippen LogP contribution in [-0.4, -0.2) is 43.4 Å². The molecular formula is C17H23N5O. The van der Waals surface area contributed by atoms with Crippen LogP contribution in [0.15, 0.2) is 24.7 Å². The summed E-state index contributed by atoms with van der Waals surface area (Å²) >= 11 is 0. The molecule has 0 aromatic carbocycles. The van der Waals surface area contributed by atoms with Gasteiger partial charge in [0.05, 0.1) is 6.04 Å². The molecule has 6 heteroatoms. The Balaban J connectivity index is 1.78. The number of imidazole rings is 1. The van der Waals surface area contributed by atoms with Gasteiger partial charge < -0.3 is 9.47 Å². The summed E-state index contributed by atoms with van der Waals surface area (Å²) in [6, 6.07) is 1.98. The number of rotatable bonds is 3. The first-order chi connectivity index (χ1) is 11.1. The molecule has 6 nitrogen and oxygen atoms in total. The van der Waals surface area contributed by atoms with Crippen LogP contribution in [0.2, 0.25) is 0 Å². The van der Waals surface area contributed by atoms with Crippen LogP contribution in [0.5, 0.6) is 0 Å². The lowest BCUT2D eigenvalue weighted by Crippen LogP contribution is -2.41. The molecule has 2 aromatic rings. The Morgan fingerprint density at radius 3 is 2.87 bits per heavy atom. The second-order valence-corrected chi connectivity index (χ2v) is 6.38. The molecule has 3 heterocycles. The number of hydrogen-bond acceptors (Lipinski definition) is 4. The van der Waals surface area contributed by atoms with Crippen LogP contribution in [0.1, 0.15) is 60.8 Å². The third-order valence-corrected chi connectivity index (χ3v) is 4.29. The maximum atomic E-state index is 12.7. The number of hydrogen-bond donors (Lipinski definition) is 0. The van der Waals surface area contributed by atoms with Gasteiger partial charge >= 0.3 is 0 Å². The summed E-state index contributed by atoms with van der Waals surface area (Å²) in [5.74, 6) is 2.08.